The minimum atomic E-state index is -4.35. The van der Waals surface area contributed by atoms with E-state index in [0.717, 1.165) is 11.1 Å². The quantitative estimate of drug-likeness (QED) is 0.791. The molecule has 26 heavy (non-hydrogen) atoms. The van der Waals surface area contributed by atoms with Crippen molar-refractivity contribution in [2.45, 2.75) is 19.0 Å². The van der Waals surface area contributed by atoms with Crippen LogP contribution in [-0.2, 0) is 9.53 Å². The van der Waals surface area contributed by atoms with Crippen molar-refractivity contribution < 1.29 is 27.1 Å². The van der Waals surface area contributed by atoms with E-state index < -0.39 is 12.8 Å². The maximum Gasteiger partial charge on any atom is 0.411 e. The summed E-state index contributed by atoms with van der Waals surface area (Å²) in [6, 6.07) is 8.05. The van der Waals surface area contributed by atoms with Crippen LogP contribution in [-0.4, -0.2) is 49.9 Å². The summed E-state index contributed by atoms with van der Waals surface area (Å²) >= 11 is 0. The number of alkyl halides is 3. The highest BCUT2D eigenvalue weighted by Crippen LogP contribution is 2.26. The van der Waals surface area contributed by atoms with Crippen molar-refractivity contribution in [1.82, 2.24) is 10.3 Å². The molecule has 0 bridgehead atoms. The Labute approximate surface area is 148 Å². The number of fused-ring (bicyclic) bond motifs is 1. The van der Waals surface area contributed by atoms with E-state index >= 15 is 0 Å². The summed E-state index contributed by atoms with van der Waals surface area (Å²) in [5.74, 6) is -0.323. The molecule has 0 aliphatic carbocycles. The fourth-order valence-electron chi connectivity index (χ4n) is 2.91. The van der Waals surface area contributed by atoms with Crippen LogP contribution in [0.4, 0.5) is 19.2 Å². The molecule has 1 aliphatic heterocycles. The first-order valence-corrected chi connectivity index (χ1v) is 8.45. The van der Waals surface area contributed by atoms with Gasteiger partial charge in [0.05, 0.1) is 6.61 Å². The number of hydrogen-bond acceptors (Lipinski definition) is 5. The van der Waals surface area contributed by atoms with Gasteiger partial charge in [-0.2, -0.15) is 18.2 Å². The Bertz CT molecular complexity index is 706. The predicted octanol–water partition coefficient (Wildman–Crippen LogP) is 2.74. The highest BCUT2D eigenvalue weighted by atomic mass is 19.4. The number of piperidine rings is 1. The molecule has 1 aliphatic rings. The van der Waals surface area contributed by atoms with Crippen molar-refractivity contribution in [3.8, 4) is 0 Å². The van der Waals surface area contributed by atoms with E-state index in [1.807, 2.05) is 29.2 Å². The summed E-state index contributed by atoms with van der Waals surface area (Å²) in [5, 5.41) is 2.63. The van der Waals surface area contributed by atoms with Crippen LogP contribution in [0.5, 0.6) is 0 Å². The van der Waals surface area contributed by atoms with Gasteiger partial charge >= 0.3 is 6.18 Å². The minimum absolute atomic E-state index is 0.0697. The van der Waals surface area contributed by atoms with Gasteiger partial charge in [-0.15, -0.1) is 0 Å². The number of hydrogen-bond donors (Lipinski definition) is 1. The van der Waals surface area contributed by atoms with E-state index in [9.17, 15) is 18.0 Å². The van der Waals surface area contributed by atoms with Crippen LogP contribution >= 0.6 is 0 Å². The fraction of sp³-hybridized carbons (Fsp3) is 0.529. The molecule has 142 valence electrons. The number of nitrogens with zero attached hydrogens (tertiary/aromatic N) is 2. The standard InChI is InChI=1S/C17H20F3N3O3/c18-17(19,20)11-25-10-7-21-15(24)12-5-8-23(9-6-12)16-22-13-3-1-2-4-14(13)26-16/h1-4,12H,5-11H2,(H,21,24). The van der Waals surface area contributed by atoms with Gasteiger partial charge in [0.2, 0.25) is 5.91 Å². The molecule has 2 heterocycles. The average molecular weight is 371 g/mol. The lowest BCUT2D eigenvalue weighted by Gasteiger charge is -2.30. The Balaban J connectivity index is 1.41. The molecule has 1 amide bonds. The number of carbonyl (C=O) groups excluding carboxylic acids is 1. The molecular formula is C17H20F3N3O3. The number of halogens is 3. The molecule has 9 heteroatoms. The first kappa shape index (κ1) is 18.5. The van der Waals surface area contributed by atoms with Crippen LogP contribution in [0.3, 0.4) is 0 Å². The van der Waals surface area contributed by atoms with E-state index in [1.165, 1.54) is 0 Å². The van der Waals surface area contributed by atoms with Gasteiger partial charge in [-0.05, 0) is 25.0 Å². The van der Waals surface area contributed by atoms with Gasteiger partial charge in [0, 0.05) is 25.6 Å². The number of rotatable bonds is 6. The van der Waals surface area contributed by atoms with Crippen molar-refractivity contribution >= 4 is 23.0 Å². The molecule has 0 atom stereocenters. The molecule has 0 saturated carbocycles. The fourth-order valence-corrected chi connectivity index (χ4v) is 2.91. The molecule has 6 nitrogen and oxygen atoms in total. The van der Waals surface area contributed by atoms with Gasteiger partial charge in [0.1, 0.15) is 12.1 Å². The van der Waals surface area contributed by atoms with Crippen molar-refractivity contribution in [2.75, 3.05) is 37.7 Å². The predicted molar refractivity (Wildman–Crippen MR) is 88.8 cm³/mol. The number of nitrogens with one attached hydrogen (secondary N) is 1. The second kappa shape index (κ2) is 7.94. The molecule has 2 aromatic rings. The lowest BCUT2D eigenvalue weighted by atomic mass is 9.96. The summed E-state index contributed by atoms with van der Waals surface area (Å²) in [4.78, 5) is 18.5. The van der Waals surface area contributed by atoms with Gasteiger partial charge in [-0.1, -0.05) is 12.1 Å². The summed E-state index contributed by atoms with van der Waals surface area (Å²) in [7, 11) is 0. The maximum atomic E-state index is 12.1. The van der Waals surface area contributed by atoms with E-state index in [4.69, 9.17) is 4.42 Å². The normalized spacial score (nSPS) is 16.2. The van der Waals surface area contributed by atoms with Gasteiger partial charge in [-0.3, -0.25) is 4.79 Å². The van der Waals surface area contributed by atoms with Crippen molar-refractivity contribution in [1.29, 1.82) is 0 Å². The summed E-state index contributed by atoms with van der Waals surface area (Å²) < 4.78 is 46.0. The Morgan fingerprint density at radius 1 is 1.31 bits per heavy atom. The van der Waals surface area contributed by atoms with Gasteiger partial charge in [-0.25, -0.2) is 0 Å². The molecule has 1 fully saturated rings. The zero-order valence-electron chi connectivity index (χ0n) is 14.1. The molecule has 1 aromatic carbocycles. The van der Waals surface area contributed by atoms with E-state index in [0.29, 0.717) is 31.9 Å². The molecular weight excluding hydrogens is 351 g/mol. The van der Waals surface area contributed by atoms with Crippen LogP contribution in [0.2, 0.25) is 0 Å². The zero-order valence-corrected chi connectivity index (χ0v) is 14.1. The topological polar surface area (TPSA) is 67.6 Å². The first-order chi connectivity index (χ1) is 12.4. The average Bonchev–Trinajstić information content (AvgIpc) is 3.04. The number of ether oxygens (including phenoxy) is 1. The van der Waals surface area contributed by atoms with E-state index in [2.05, 4.69) is 15.0 Å². The lowest BCUT2D eigenvalue weighted by Crippen LogP contribution is -2.41. The monoisotopic (exact) mass is 371 g/mol. The van der Waals surface area contributed by atoms with E-state index in [-0.39, 0.29) is 25.0 Å². The Morgan fingerprint density at radius 3 is 2.73 bits per heavy atom. The number of para-hydroxylation sites is 2. The largest absolute Gasteiger partial charge is 0.423 e. The molecule has 1 aromatic heterocycles. The molecule has 0 unspecified atom stereocenters. The summed E-state index contributed by atoms with van der Waals surface area (Å²) in [5.41, 5.74) is 1.52. The van der Waals surface area contributed by atoms with Crippen molar-refractivity contribution in [2.24, 2.45) is 5.92 Å². The smallest absolute Gasteiger partial charge is 0.411 e. The molecule has 0 radical (unpaired) electrons. The van der Waals surface area contributed by atoms with Crippen LogP contribution in [0, 0.1) is 5.92 Å². The molecule has 1 N–H and O–H groups in total. The maximum absolute atomic E-state index is 12.1. The highest BCUT2D eigenvalue weighted by molar-refractivity contribution is 5.79. The third kappa shape index (κ3) is 4.87. The van der Waals surface area contributed by atoms with Gasteiger partial charge in [0.15, 0.2) is 5.58 Å². The second-order valence-corrected chi connectivity index (χ2v) is 6.18. The number of anilines is 1. The SMILES string of the molecule is O=C(NCCOCC(F)(F)F)C1CCN(c2nc3ccccc3o2)CC1. The van der Waals surface area contributed by atoms with Crippen LogP contribution in [0.15, 0.2) is 28.7 Å². The van der Waals surface area contributed by atoms with Gasteiger partial charge in [0.25, 0.3) is 6.01 Å². The van der Waals surface area contributed by atoms with Crippen LogP contribution in [0.25, 0.3) is 11.1 Å². The number of oxazole rings is 1. The molecule has 0 spiro atoms. The van der Waals surface area contributed by atoms with Crippen LogP contribution in [0.1, 0.15) is 12.8 Å². The van der Waals surface area contributed by atoms with Gasteiger partial charge < -0.3 is 19.4 Å². The van der Waals surface area contributed by atoms with Crippen molar-refractivity contribution in [3.05, 3.63) is 24.3 Å². The molecule has 1 saturated heterocycles. The number of aromatic nitrogens is 1. The Morgan fingerprint density at radius 2 is 2.04 bits per heavy atom. The third-order valence-electron chi connectivity index (χ3n) is 4.23. The first-order valence-electron chi connectivity index (χ1n) is 8.45. The zero-order chi connectivity index (χ0) is 18.6. The summed E-state index contributed by atoms with van der Waals surface area (Å²) in [6.45, 7) is -0.121. The minimum Gasteiger partial charge on any atom is -0.423 e. The number of benzene rings is 1. The van der Waals surface area contributed by atoms with Crippen LogP contribution < -0.4 is 10.2 Å². The summed E-state index contributed by atoms with van der Waals surface area (Å²) in [6.07, 6.45) is -3.08. The lowest BCUT2D eigenvalue weighted by molar-refractivity contribution is -0.173. The Hall–Kier alpha value is -2.29. The second-order valence-electron chi connectivity index (χ2n) is 6.18. The number of amides is 1. The molecule has 3 rings (SSSR count). The van der Waals surface area contributed by atoms with Crippen molar-refractivity contribution in [3.63, 3.8) is 0 Å². The third-order valence-corrected chi connectivity index (χ3v) is 4.23. The van der Waals surface area contributed by atoms with E-state index in [1.54, 1.807) is 0 Å². The highest BCUT2D eigenvalue weighted by Gasteiger charge is 2.28. The Kier molecular flexibility index (Phi) is 5.65. The number of carbonyl (C=O) groups is 1.